The Bertz CT molecular complexity index is 582. The zero-order chi connectivity index (χ0) is 17.6. The number of nitro benzene ring substituents is 1. The molecular formula is C18H28N4O3. The molecular weight excluding hydrogens is 320 g/mol. The minimum Gasteiger partial charge on any atom is -0.379 e. The van der Waals surface area contributed by atoms with Gasteiger partial charge in [0, 0.05) is 57.1 Å². The number of piperazine rings is 1. The summed E-state index contributed by atoms with van der Waals surface area (Å²) in [4.78, 5) is 18.0. The summed E-state index contributed by atoms with van der Waals surface area (Å²) in [6, 6.07) is 5.35. The minimum absolute atomic E-state index is 0.194. The second-order valence-corrected chi connectivity index (χ2v) is 6.92. The van der Waals surface area contributed by atoms with E-state index >= 15 is 0 Å². The van der Waals surface area contributed by atoms with Gasteiger partial charge in [0.25, 0.3) is 5.69 Å². The van der Waals surface area contributed by atoms with Crippen LogP contribution in [0, 0.1) is 10.1 Å². The Kier molecular flexibility index (Phi) is 6.23. The zero-order valence-corrected chi connectivity index (χ0v) is 15.0. The molecule has 0 aliphatic carbocycles. The van der Waals surface area contributed by atoms with Crippen LogP contribution < -0.4 is 4.90 Å². The molecule has 1 aromatic rings. The number of anilines is 1. The number of non-ortho nitro benzene ring substituents is 1. The van der Waals surface area contributed by atoms with Gasteiger partial charge in [-0.25, -0.2) is 0 Å². The summed E-state index contributed by atoms with van der Waals surface area (Å²) in [6.45, 7) is 8.63. The molecule has 0 amide bonds. The van der Waals surface area contributed by atoms with Crippen LogP contribution in [0.4, 0.5) is 11.4 Å². The number of ether oxygens (including phenoxy) is 1. The van der Waals surface area contributed by atoms with Crippen molar-refractivity contribution in [2.75, 3.05) is 71.0 Å². The Morgan fingerprint density at radius 2 is 1.84 bits per heavy atom. The SMILES string of the molecule is CN1CCN(c2ccc([N+](=O)[O-])cc2CCCN2CCOCC2)CC1. The number of hydrogen-bond acceptors (Lipinski definition) is 6. The zero-order valence-electron chi connectivity index (χ0n) is 15.0. The Hall–Kier alpha value is -1.70. The average molecular weight is 348 g/mol. The normalized spacial score (nSPS) is 20.0. The molecule has 0 unspecified atom stereocenters. The van der Waals surface area contributed by atoms with Gasteiger partial charge in [0.2, 0.25) is 0 Å². The lowest BCUT2D eigenvalue weighted by Crippen LogP contribution is -2.44. The molecule has 7 nitrogen and oxygen atoms in total. The van der Waals surface area contributed by atoms with Crippen molar-refractivity contribution in [2.45, 2.75) is 12.8 Å². The lowest BCUT2D eigenvalue weighted by atomic mass is 10.0. The van der Waals surface area contributed by atoms with Gasteiger partial charge in [0.05, 0.1) is 18.1 Å². The largest absolute Gasteiger partial charge is 0.379 e. The molecule has 2 fully saturated rings. The van der Waals surface area contributed by atoms with Gasteiger partial charge in [0.1, 0.15) is 0 Å². The first-order chi connectivity index (χ1) is 12.1. The number of morpholine rings is 1. The molecule has 0 radical (unpaired) electrons. The van der Waals surface area contributed by atoms with Crippen molar-refractivity contribution in [3.8, 4) is 0 Å². The molecule has 2 aliphatic rings. The fraction of sp³-hybridized carbons (Fsp3) is 0.667. The van der Waals surface area contributed by atoms with Gasteiger partial charge in [-0.05, 0) is 38.1 Å². The van der Waals surface area contributed by atoms with Crippen LogP contribution in [0.5, 0.6) is 0 Å². The van der Waals surface area contributed by atoms with E-state index in [-0.39, 0.29) is 10.6 Å². The number of nitrogens with zero attached hydrogens (tertiary/aromatic N) is 4. The first-order valence-electron chi connectivity index (χ1n) is 9.14. The van der Waals surface area contributed by atoms with E-state index in [1.807, 2.05) is 6.07 Å². The van der Waals surface area contributed by atoms with Crippen molar-refractivity contribution in [1.29, 1.82) is 0 Å². The summed E-state index contributed by atoms with van der Waals surface area (Å²) in [7, 11) is 2.14. The first-order valence-corrected chi connectivity index (χ1v) is 9.14. The third-order valence-electron chi connectivity index (χ3n) is 5.14. The van der Waals surface area contributed by atoms with Gasteiger partial charge < -0.3 is 14.5 Å². The summed E-state index contributed by atoms with van der Waals surface area (Å²) < 4.78 is 5.39. The Balaban J connectivity index is 1.67. The molecule has 2 saturated heterocycles. The monoisotopic (exact) mass is 348 g/mol. The Labute approximate surface area is 149 Å². The molecule has 0 atom stereocenters. The van der Waals surface area contributed by atoms with E-state index in [2.05, 4.69) is 21.7 Å². The van der Waals surface area contributed by atoms with Crippen LogP contribution in [0.1, 0.15) is 12.0 Å². The van der Waals surface area contributed by atoms with Gasteiger partial charge in [-0.2, -0.15) is 0 Å². The number of likely N-dealkylation sites (N-methyl/N-ethyl adjacent to an activating group) is 1. The molecule has 0 spiro atoms. The van der Waals surface area contributed by atoms with Crippen molar-refractivity contribution in [3.63, 3.8) is 0 Å². The highest BCUT2D eigenvalue weighted by atomic mass is 16.6. The molecule has 1 aromatic carbocycles. The first kappa shape index (κ1) is 18.1. The molecule has 2 heterocycles. The molecule has 0 N–H and O–H groups in total. The highest BCUT2D eigenvalue weighted by Gasteiger charge is 2.19. The Morgan fingerprint density at radius 1 is 1.12 bits per heavy atom. The number of nitro groups is 1. The van der Waals surface area contributed by atoms with Crippen molar-refractivity contribution in [1.82, 2.24) is 9.80 Å². The van der Waals surface area contributed by atoms with Crippen LogP contribution >= 0.6 is 0 Å². The van der Waals surface area contributed by atoms with Crippen LogP contribution in [0.2, 0.25) is 0 Å². The van der Waals surface area contributed by atoms with Gasteiger partial charge in [-0.15, -0.1) is 0 Å². The van der Waals surface area contributed by atoms with Gasteiger partial charge >= 0.3 is 0 Å². The van der Waals surface area contributed by atoms with Gasteiger partial charge in [0.15, 0.2) is 0 Å². The lowest BCUT2D eigenvalue weighted by Gasteiger charge is -2.35. The number of aryl methyl sites for hydroxylation is 1. The van der Waals surface area contributed by atoms with Crippen LogP contribution in [0.3, 0.4) is 0 Å². The number of benzene rings is 1. The summed E-state index contributed by atoms with van der Waals surface area (Å²) >= 11 is 0. The third kappa shape index (κ3) is 4.90. The molecule has 25 heavy (non-hydrogen) atoms. The second-order valence-electron chi connectivity index (χ2n) is 6.92. The van der Waals surface area contributed by atoms with Gasteiger partial charge in [-0.1, -0.05) is 0 Å². The predicted molar refractivity (Wildman–Crippen MR) is 98.4 cm³/mol. The topological polar surface area (TPSA) is 62.1 Å². The standard InChI is InChI=1S/C18H28N4O3/c1-19-7-9-21(10-8-19)18-5-4-17(22(23)24)15-16(18)3-2-6-20-11-13-25-14-12-20/h4-5,15H,2-3,6-14H2,1H3. The molecule has 2 aliphatic heterocycles. The van der Waals surface area contributed by atoms with E-state index in [0.717, 1.165) is 77.4 Å². The van der Waals surface area contributed by atoms with E-state index in [9.17, 15) is 10.1 Å². The maximum Gasteiger partial charge on any atom is 0.269 e. The summed E-state index contributed by atoms with van der Waals surface area (Å²) in [6.07, 6.45) is 1.89. The summed E-state index contributed by atoms with van der Waals surface area (Å²) in [5, 5.41) is 11.2. The van der Waals surface area contributed by atoms with Crippen molar-refractivity contribution in [2.24, 2.45) is 0 Å². The third-order valence-corrected chi connectivity index (χ3v) is 5.14. The molecule has 0 aromatic heterocycles. The fourth-order valence-electron chi connectivity index (χ4n) is 3.56. The van der Waals surface area contributed by atoms with Crippen LogP contribution in [0.15, 0.2) is 18.2 Å². The Morgan fingerprint density at radius 3 is 2.52 bits per heavy atom. The van der Waals surface area contributed by atoms with E-state index in [0.29, 0.717) is 0 Å². The van der Waals surface area contributed by atoms with Crippen LogP contribution in [-0.4, -0.2) is 80.8 Å². The number of hydrogen-bond donors (Lipinski definition) is 0. The van der Waals surface area contributed by atoms with Crippen molar-refractivity contribution >= 4 is 11.4 Å². The quantitative estimate of drug-likeness (QED) is 0.575. The summed E-state index contributed by atoms with van der Waals surface area (Å²) in [5.41, 5.74) is 2.46. The maximum absolute atomic E-state index is 11.2. The second kappa shape index (κ2) is 8.60. The summed E-state index contributed by atoms with van der Waals surface area (Å²) in [5.74, 6) is 0. The average Bonchev–Trinajstić information content (AvgIpc) is 2.63. The molecule has 7 heteroatoms. The van der Waals surface area contributed by atoms with E-state index in [4.69, 9.17) is 4.74 Å². The minimum atomic E-state index is -0.292. The molecule has 0 saturated carbocycles. The van der Waals surface area contributed by atoms with Crippen LogP contribution in [-0.2, 0) is 11.2 Å². The molecule has 3 rings (SSSR count). The molecule has 0 bridgehead atoms. The maximum atomic E-state index is 11.2. The highest BCUT2D eigenvalue weighted by Crippen LogP contribution is 2.27. The van der Waals surface area contributed by atoms with Crippen LogP contribution in [0.25, 0.3) is 0 Å². The van der Waals surface area contributed by atoms with E-state index < -0.39 is 0 Å². The van der Waals surface area contributed by atoms with E-state index in [1.165, 1.54) is 5.69 Å². The van der Waals surface area contributed by atoms with E-state index in [1.54, 1.807) is 12.1 Å². The number of rotatable bonds is 6. The predicted octanol–water partition coefficient (Wildman–Crippen LogP) is 1.61. The smallest absolute Gasteiger partial charge is 0.269 e. The van der Waals surface area contributed by atoms with Crippen molar-refractivity contribution in [3.05, 3.63) is 33.9 Å². The lowest BCUT2D eigenvalue weighted by molar-refractivity contribution is -0.384. The van der Waals surface area contributed by atoms with Crippen molar-refractivity contribution < 1.29 is 9.66 Å². The molecule has 138 valence electrons. The highest BCUT2D eigenvalue weighted by molar-refractivity contribution is 5.58. The van der Waals surface area contributed by atoms with Gasteiger partial charge in [-0.3, -0.25) is 15.0 Å². The fourth-order valence-corrected chi connectivity index (χ4v) is 3.56.